The van der Waals surface area contributed by atoms with E-state index in [0.29, 0.717) is 6.61 Å². The van der Waals surface area contributed by atoms with Gasteiger partial charge in [0.25, 0.3) is 0 Å². The second-order valence-corrected chi connectivity index (χ2v) is 6.63. The van der Waals surface area contributed by atoms with E-state index in [0.717, 1.165) is 44.2 Å². The summed E-state index contributed by atoms with van der Waals surface area (Å²) in [5, 5.41) is 12.5. The van der Waals surface area contributed by atoms with Crippen LogP contribution in [0.3, 0.4) is 0 Å². The third-order valence-corrected chi connectivity index (χ3v) is 4.89. The van der Waals surface area contributed by atoms with Crippen LogP contribution in [0.2, 0.25) is 0 Å². The lowest BCUT2D eigenvalue weighted by molar-refractivity contribution is 0.267. The maximum absolute atomic E-state index is 8.79. The van der Waals surface area contributed by atoms with Gasteiger partial charge in [-0.25, -0.2) is 0 Å². The Labute approximate surface area is 119 Å². The quantitative estimate of drug-likeness (QED) is 0.469. The molecular formula is C16H34N2O. The van der Waals surface area contributed by atoms with Crippen molar-refractivity contribution in [2.75, 3.05) is 19.7 Å². The summed E-state index contributed by atoms with van der Waals surface area (Å²) >= 11 is 0. The molecule has 1 aliphatic rings. The van der Waals surface area contributed by atoms with Crippen LogP contribution in [0.1, 0.15) is 65.2 Å². The smallest absolute Gasteiger partial charge is 0.0431 e. The van der Waals surface area contributed by atoms with Crippen LogP contribution >= 0.6 is 0 Å². The average molecular weight is 270 g/mol. The number of nitrogens with one attached hydrogen (secondary N) is 1. The topological polar surface area (TPSA) is 58.3 Å². The van der Waals surface area contributed by atoms with Crippen LogP contribution in [0.15, 0.2) is 0 Å². The van der Waals surface area contributed by atoms with Crippen molar-refractivity contribution < 1.29 is 5.11 Å². The van der Waals surface area contributed by atoms with Crippen molar-refractivity contribution in [3.05, 3.63) is 0 Å². The molecule has 3 nitrogen and oxygen atoms in total. The van der Waals surface area contributed by atoms with Crippen LogP contribution in [0.5, 0.6) is 0 Å². The summed E-state index contributed by atoms with van der Waals surface area (Å²) in [6.07, 6.45) is 9.63. The van der Waals surface area contributed by atoms with Gasteiger partial charge < -0.3 is 16.2 Å². The van der Waals surface area contributed by atoms with Gasteiger partial charge in [0.2, 0.25) is 0 Å². The van der Waals surface area contributed by atoms with Crippen molar-refractivity contribution in [3.8, 4) is 0 Å². The first-order valence-electron chi connectivity index (χ1n) is 8.19. The maximum Gasteiger partial charge on any atom is 0.0431 e. The molecule has 1 rings (SSSR count). The maximum atomic E-state index is 8.79. The Hall–Kier alpha value is -0.120. The zero-order chi connectivity index (χ0) is 14.1. The summed E-state index contributed by atoms with van der Waals surface area (Å²) < 4.78 is 0. The summed E-state index contributed by atoms with van der Waals surface area (Å²) in [5.74, 6) is 1.68. The SMILES string of the molecule is CC(C)C1CCCC(CN)(NCCCCCO)CC1. The molecule has 2 atom stereocenters. The Morgan fingerprint density at radius 3 is 2.63 bits per heavy atom. The Morgan fingerprint density at radius 1 is 1.21 bits per heavy atom. The van der Waals surface area contributed by atoms with Gasteiger partial charge >= 0.3 is 0 Å². The Kier molecular flexibility index (Phi) is 7.96. The monoisotopic (exact) mass is 270 g/mol. The molecule has 0 aromatic rings. The molecule has 3 heteroatoms. The van der Waals surface area contributed by atoms with Crippen LogP contribution in [0.4, 0.5) is 0 Å². The lowest BCUT2D eigenvalue weighted by Gasteiger charge is -2.33. The van der Waals surface area contributed by atoms with E-state index in [1.54, 1.807) is 0 Å². The highest BCUT2D eigenvalue weighted by Crippen LogP contribution is 2.33. The van der Waals surface area contributed by atoms with Crippen molar-refractivity contribution in [1.82, 2.24) is 5.32 Å². The molecule has 0 spiro atoms. The Balaban J connectivity index is 2.37. The molecule has 0 radical (unpaired) electrons. The van der Waals surface area contributed by atoms with Gasteiger partial charge in [0.15, 0.2) is 0 Å². The van der Waals surface area contributed by atoms with E-state index >= 15 is 0 Å². The molecule has 0 heterocycles. The standard InChI is InChI=1S/C16H34N2O/c1-14(2)15-7-6-9-16(13-17,10-8-15)18-11-4-3-5-12-19/h14-15,18-19H,3-13,17H2,1-2H3. The van der Waals surface area contributed by atoms with E-state index in [1.165, 1.54) is 32.1 Å². The van der Waals surface area contributed by atoms with Gasteiger partial charge in [0.1, 0.15) is 0 Å². The van der Waals surface area contributed by atoms with Crippen LogP contribution in [0.25, 0.3) is 0 Å². The first-order chi connectivity index (χ1) is 9.13. The lowest BCUT2D eigenvalue weighted by Crippen LogP contribution is -2.51. The van der Waals surface area contributed by atoms with Crippen LogP contribution in [-0.4, -0.2) is 30.3 Å². The van der Waals surface area contributed by atoms with Gasteiger partial charge in [-0.15, -0.1) is 0 Å². The van der Waals surface area contributed by atoms with E-state index < -0.39 is 0 Å². The van der Waals surface area contributed by atoms with Crippen LogP contribution in [0, 0.1) is 11.8 Å². The molecular weight excluding hydrogens is 236 g/mol. The van der Waals surface area contributed by atoms with Crippen LogP contribution in [-0.2, 0) is 0 Å². The highest BCUT2D eigenvalue weighted by atomic mass is 16.2. The van der Waals surface area contributed by atoms with Gasteiger partial charge in [-0.05, 0) is 56.9 Å². The van der Waals surface area contributed by atoms with Gasteiger partial charge in [-0.2, -0.15) is 0 Å². The summed E-state index contributed by atoms with van der Waals surface area (Å²) in [4.78, 5) is 0. The van der Waals surface area contributed by atoms with E-state index in [-0.39, 0.29) is 5.54 Å². The largest absolute Gasteiger partial charge is 0.396 e. The number of hydrogen-bond acceptors (Lipinski definition) is 3. The zero-order valence-electron chi connectivity index (χ0n) is 13.0. The first-order valence-corrected chi connectivity index (χ1v) is 8.19. The molecule has 4 N–H and O–H groups in total. The average Bonchev–Trinajstić information content (AvgIpc) is 2.62. The molecule has 19 heavy (non-hydrogen) atoms. The second-order valence-electron chi connectivity index (χ2n) is 6.63. The molecule has 2 unspecified atom stereocenters. The Morgan fingerprint density at radius 2 is 2.00 bits per heavy atom. The van der Waals surface area contributed by atoms with Crippen molar-refractivity contribution in [2.24, 2.45) is 17.6 Å². The van der Waals surface area contributed by atoms with E-state index in [2.05, 4.69) is 19.2 Å². The lowest BCUT2D eigenvalue weighted by atomic mass is 9.86. The van der Waals surface area contributed by atoms with Gasteiger partial charge in [0.05, 0.1) is 0 Å². The van der Waals surface area contributed by atoms with Crippen molar-refractivity contribution >= 4 is 0 Å². The summed E-state index contributed by atoms with van der Waals surface area (Å²) in [7, 11) is 0. The number of nitrogens with two attached hydrogens (primary N) is 1. The molecule has 0 aliphatic heterocycles. The van der Waals surface area contributed by atoms with E-state index in [9.17, 15) is 0 Å². The number of rotatable bonds is 8. The van der Waals surface area contributed by atoms with Crippen molar-refractivity contribution in [1.29, 1.82) is 0 Å². The molecule has 0 saturated heterocycles. The third-order valence-electron chi connectivity index (χ3n) is 4.89. The highest BCUT2D eigenvalue weighted by molar-refractivity contribution is 4.92. The van der Waals surface area contributed by atoms with Crippen molar-refractivity contribution in [3.63, 3.8) is 0 Å². The summed E-state index contributed by atoms with van der Waals surface area (Å²) in [6, 6.07) is 0. The number of aliphatic hydroxyl groups excluding tert-OH is 1. The second kappa shape index (κ2) is 8.93. The van der Waals surface area contributed by atoms with Gasteiger partial charge in [0, 0.05) is 18.7 Å². The third kappa shape index (κ3) is 5.80. The zero-order valence-corrected chi connectivity index (χ0v) is 13.0. The van der Waals surface area contributed by atoms with E-state index in [1.807, 2.05) is 0 Å². The number of hydrogen-bond donors (Lipinski definition) is 3. The minimum atomic E-state index is 0.183. The minimum Gasteiger partial charge on any atom is -0.396 e. The van der Waals surface area contributed by atoms with Crippen molar-refractivity contribution in [2.45, 2.75) is 70.8 Å². The number of aliphatic hydroxyl groups is 1. The fourth-order valence-electron chi connectivity index (χ4n) is 3.32. The molecule has 114 valence electrons. The molecule has 0 aromatic heterocycles. The first kappa shape index (κ1) is 16.9. The molecule has 1 aliphatic carbocycles. The molecule has 0 bridgehead atoms. The molecule has 1 saturated carbocycles. The van der Waals surface area contributed by atoms with Crippen LogP contribution < -0.4 is 11.1 Å². The predicted molar refractivity (Wildman–Crippen MR) is 82.1 cm³/mol. The fourth-order valence-corrected chi connectivity index (χ4v) is 3.32. The van der Waals surface area contributed by atoms with Gasteiger partial charge in [-0.3, -0.25) is 0 Å². The number of unbranched alkanes of at least 4 members (excludes halogenated alkanes) is 2. The summed E-state index contributed by atoms with van der Waals surface area (Å²) in [6.45, 7) is 6.82. The fraction of sp³-hybridized carbons (Fsp3) is 1.00. The Bertz CT molecular complexity index is 233. The molecule has 0 aromatic carbocycles. The molecule has 0 amide bonds. The van der Waals surface area contributed by atoms with Gasteiger partial charge in [-0.1, -0.05) is 26.7 Å². The molecule has 1 fully saturated rings. The highest BCUT2D eigenvalue weighted by Gasteiger charge is 2.31. The predicted octanol–water partition coefficient (Wildman–Crippen LogP) is 2.67. The summed E-state index contributed by atoms with van der Waals surface area (Å²) in [5.41, 5.74) is 6.25. The van der Waals surface area contributed by atoms with E-state index in [4.69, 9.17) is 10.8 Å². The normalized spacial score (nSPS) is 28.6. The minimum absolute atomic E-state index is 0.183.